The molecule has 2 N–H and O–H groups in total. The molecule has 4 nitrogen and oxygen atoms in total. The number of benzene rings is 1. The molecule has 0 saturated carbocycles. The molecule has 0 atom stereocenters. The van der Waals surface area contributed by atoms with Gasteiger partial charge in [0.05, 0.1) is 0 Å². The first-order valence-electron chi connectivity index (χ1n) is 6.53. The molecule has 4 heteroatoms. The van der Waals surface area contributed by atoms with Crippen molar-refractivity contribution in [3.05, 3.63) is 60.4 Å². The van der Waals surface area contributed by atoms with E-state index in [1.807, 2.05) is 42.5 Å². The zero-order chi connectivity index (χ0) is 13.8. The van der Waals surface area contributed by atoms with E-state index in [4.69, 9.17) is 10.5 Å². The van der Waals surface area contributed by atoms with Crippen LogP contribution in [0.15, 0.2) is 54.9 Å². The van der Waals surface area contributed by atoms with Crippen LogP contribution in [0.1, 0.15) is 5.56 Å². The molecule has 0 amide bonds. The number of hydrogen-bond donors (Lipinski definition) is 1. The van der Waals surface area contributed by atoms with Crippen molar-refractivity contribution in [3.8, 4) is 11.6 Å². The van der Waals surface area contributed by atoms with Crippen LogP contribution >= 0.6 is 0 Å². The third-order valence-corrected chi connectivity index (χ3v) is 3.04. The van der Waals surface area contributed by atoms with Crippen molar-refractivity contribution in [2.24, 2.45) is 5.73 Å². The number of fused-ring (bicyclic) bond motifs is 1. The molecule has 0 fully saturated rings. The maximum Gasteiger partial charge on any atom is 0.219 e. The first-order valence-corrected chi connectivity index (χ1v) is 6.53. The van der Waals surface area contributed by atoms with Crippen LogP contribution in [0.5, 0.6) is 11.6 Å². The predicted molar refractivity (Wildman–Crippen MR) is 78.8 cm³/mol. The number of para-hydroxylation sites is 1. The number of rotatable bonds is 4. The molecule has 0 spiro atoms. The molecular weight excluding hydrogens is 250 g/mol. The Labute approximate surface area is 117 Å². The number of pyridine rings is 2. The van der Waals surface area contributed by atoms with E-state index in [1.54, 1.807) is 12.4 Å². The molecule has 0 aliphatic heterocycles. The van der Waals surface area contributed by atoms with Crippen LogP contribution in [-0.4, -0.2) is 16.5 Å². The summed E-state index contributed by atoms with van der Waals surface area (Å²) >= 11 is 0. The maximum atomic E-state index is 5.82. The Bertz CT molecular complexity index is 705. The van der Waals surface area contributed by atoms with Gasteiger partial charge in [0.2, 0.25) is 5.88 Å². The first kappa shape index (κ1) is 12.6. The van der Waals surface area contributed by atoms with Crippen molar-refractivity contribution in [2.75, 3.05) is 6.54 Å². The summed E-state index contributed by atoms with van der Waals surface area (Å²) in [7, 11) is 0. The molecule has 2 aromatic heterocycles. The molecule has 2 heterocycles. The molecule has 3 aromatic rings. The summed E-state index contributed by atoms with van der Waals surface area (Å²) in [6, 6.07) is 13.6. The van der Waals surface area contributed by atoms with Gasteiger partial charge in [0.1, 0.15) is 5.52 Å². The lowest BCUT2D eigenvalue weighted by Crippen LogP contribution is -2.02. The number of aromatic nitrogens is 2. The standard InChI is InChI=1S/C16H15N3O/c17-9-8-12-6-7-15(19-11-12)20-14-5-1-3-13-4-2-10-18-16(13)14/h1-7,10-11H,8-9,17H2. The van der Waals surface area contributed by atoms with E-state index in [-0.39, 0.29) is 0 Å². The van der Waals surface area contributed by atoms with Gasteiger partial charge >= 0.3 is 0 Å². The highest BCUT2D eigenvalue weighted by atomic mass is 16.5. The minimum atomic E-state index is 0.559. The Kier molecular flexibility index (Phi) is 3.56. The SMILES string of the molecule is NCCc1ccc(Oc2cccc3cccnc23)nc1. The van der Waals surface area contributed by atoms with Crippen LogP contribution in [0.25, 0.3) is 10.9 Å². The van der Waals surface area contributed by atoms with E-state index >= 15 is 0 Å². The largest absolute Gasteiger partial charge is 0.437 e. The van der Waals surface area contributed by atoms with E-state index in [0.29, 0.717) is 18.2 Å². The van der Waals surface area contributed by atoms with Crippen LogP contribution < -0.4 is 10.5 Å². The van der Waals surface area contributed by atoms with E-state index in [1.165, 1.54) is 0 Å². The molecule has 0 aliphatic rings. The van der Waals surface area contributed by atoms with E-state index < -0.39 is 0 Å². The van der Waals surface area contributed by atoms with Crippen molar-refractivity contribution in [2.45, 2.75) is 6.42 Å². The van der Waals surface area contributed by atoms with E-state index in [9.17, 15) is 0 Å². The third-order valence-electron chi connectivity index (χ3n) is 3.04. The van der Waals surface area contributed by atoms with Gasteiger partial charge in [-0.25, -0.2) is 4.98 Å². The summed E-state index contributed by atoms with van der Waals surface area (Å²) in [5.41, 5.74) is 7.46. The van der Waals surface area contributed by atoms with Crippen molar-refractivity contribution in [1.29, 1.82) is 0 Å². The monoisotopic (exact) mass is 265 g/mol. The highest BCUT2D eigenvalue weighted by Gasteiger charge is 2.05. The second-order valence-electron chi connectivity index (χ2n) is 4.48. The Morgan fingerprint density at radius 2 is 1.90 bits per heavy atom. The lowest BCUT2D eigenvalue weighted by Gasteiger charge is -2.07. The fourth-order valence-electron chi connectivity index (χ4n) is 2.06. The zero-order valence-electron chi connectivity index (χ0n) is 11.0. The Morgan fingerprint density at radius 1 is 1.00 bits per heavy atom. The molecule has 20 heavy (non-hydrogen) atoms. The average Bonchev–Trinajstić information content (AvgIpc) is 2.50. The molecule has 0 bridgehead atoms. The van der Waals surface area contributed by atoms with Gasteiger partial charge in [-0.3, -0.25) is 4.98 Å². The lowest BCUT2D eigenvalue weighted by atomic mass is 10.2. The number of nitrogens with two attached hydrogens (primary N) is 1. The summed E-state index contributed by atoms with van der Waals surface area (Å²) in [5.74, 6) is 1.27. The summed E-state index contributed by atoms with van der Waals surface area (Å²) in [6.45, 7) is 0.620. The topological polar surface area (TPSA) is 61.0 Å². The van der Waals surface area contributed by atoms with Crippen molar-refractivity contribution >= 4 is 10.9 Å². The number of hydrogen-bond acceptors (Lipinski definition) is 4. The molecule has 3 rings (SSSR count). The number of ether oxygens (including phenoxy) is 1. The van der Waals surface area contributed by atoms with Crippen molar-refractivity contribution in [3.63, 3.8) is 0 Å². The van der Waals surface area contributed by atoms with Gasteiger partial charge in [0, 0.05) is 23.8 Å². The average molecular weight is 265 g/mol. The molecule has 0 saturated heterocycles. The van der Waals surface area contributed by atoms with Crippen molar-refractivity contribution < 1.29 is 4.74 Å². The molecular formula is C16H15N3O. The highest BCUT2D eigenvalue weighted by Crippen LogP contribution is 2.27. The van der Waals surface area contributed by atoms with E-state index in [0.717, 1.165) is 22.9 Å². The quantitative estimate of drug-likeness (QED) is 0.788. The molecule has 0 radical (unpaired) electrons. The summed E-state index contributed by atoms with van der Waals surface area (Å²) in [4.78, 5) is 8.65. The third kappa shape index (κ3) is 2.60. The number of nitrogens with zero attached hydrogens (tertiary/aromatic N) is 2. The van der Waals surface area contributed by atoms with Crippen molar-refractivity contribution in [1.82, 2.24) is 9.97 Å². The fraction of sp³-hybridized carbons (Fsp3) is 0.125. The summed E-state index contributed by atoms with van der Waals surface area (Å²) < 4.78 is 5.82. The van der Waals surface area contributed by atoms with Gasteiger partial charge in [-0.15, -0.1) is 0 Å². The van der Waals surface area contributed by atoms with Crippen LogP contribution in [0.2, 0.25) is 0 Å². The molecule has 1 aromatic carbocycles. The van der Waals surface area contributed by atoms with Crippen LogP contribution in [0.3, 0.4) is 0 Å². The van der Waals surface area contributed by atoms with Gasteiger partial charge < -0.3 is 10.5 Å². The first-order chi connectivity index (χ1) is 9.86. The molecule has 0 aliphatic carbocycles. The van der Waals surface area contributed by atoms with Gasteiger partial charge in [-0.1, -0.05) is 24.3 Å². The second-order valence-corrected chi connectivity index (χ2v) is 4.48. The fourth-order valence-corrected chi connectivity index (χ4v) is 2.06. The lowest BCUT2D eigenvalue weighted by molar-refractivity contribution is 0.466. The summed E-state index contributed by atoms with van der Waals surface area (Å²) in [6.07, 6.45) is 4.37. The van der Waals surface area contributed by atoms with Gasteiger partial charge in [-0.2, -0.15) is 0 Å². The highest BCUT2D eigenvalue weighted by molar-refractivity contribution is 5.84. The van der Waals surface area contributed by atoms with Crippen LogP contribution in [-0.2, 0) is 6.42 Å². The minimum absolute atomic E-state index is 0.559. The van der Waals surface area contributed by atoms with Gasteiger partial charge in [-0.05, 0) is 30.7 Å². The maximum absolute atomic E-state index is 5.82. The minimum Gasteiger partial charge on any atom is -0.437 e. The normalized spacial score (nSPS) is 10.7. The smallest absolute Gasteiger partial charge is 0.219 e. The van der Waals surface area contributed by atoms with E-state index in [2.05, 4.69) is 9.97 Å². The van der Waals surface area contributed by atoms with Gasteiger partial charge in [0.15, 0.2) is 5.75 Å². The Morgan fingerprint density at radius 3 is 2.70 bits per heavy atom. The predicted octanol–water partition coefficient (Wildman–Crippen LogP) is 2.92. The second kappa shape index (κ2) is 5.67. The molecule has 0 unspecified atom stereocenters. The molecule has 100 valence electrons. The Hall–Kier alpha value is -2.46. The zero-order valence-corrected chi connectivity index (χ0v) is 11.0. The Balaban J connectivity index is 1.89. The summed E-state index contributed by atoms with van der Waals surface area (Å²) in [5, 5.41) is 1.05. The van der Waals surface area contributed by atoms with Crippen LogP contribution in [0, 0.1) is 0 Å². The van der Waals surface area contributed by atoms with Gasteiger partial charge in [0.25, 0.3) is 0 Å². The van der Waals surface area contributed by atoms with Crippen LogP contribution in [0.4, 0.5) is 0 Å².